The molecule has 2 unspecified atom stereocenters. The van der Waals surface area contributed by atoms with Crippen LogP contribution in [0.15, 0.2) is 29.8 Å². The lowest BCUT2D eigenvalue weighted by molar-refractivity contribution is -0.150. The third-order valence-corrected chi connectivity index (χ3v) is 5.77. The van der Waals surface area contributed by atoms with E-state index in [0.717, 1.165) is 31.4 Å². The van der Waals surface area contributed by atoms with Gasteiger partial charge in [0, 0.05) is 6.54 Å². The molecule has 0 radical (unpaired) electrons. The van der Waals surface area contributed by atoms with Crippen molar-refractivity contribution in [2.75, 3.05) is 19.6 Å². The van der Waals surface area contributed by atoms with Crippen molar-refractivity contribution in [2.24, 2.45) is 5.92 Å². The summed E-state index contributed by atoms with van der Waals surface area (Å²) in [5, 5.41) is 9.37. The second-order valence-electron chi connectivity index (χ2n) is 7.68. The molecule has 30 heavy (non-hydrogen) atoms. The zero-order chi connectivity index (χ0) is 21.6. The molecule has 2 amide bonds. The van der Waals surface area contributed by atoms with Gasteiger partial charge in [0.25, 0.3) is 11.8 Å². The van der Waals surface area contributed by atoms with Gasteiger partial charge in [0.05, 0.1) is 11.1 Å². The first-order valence-electron chi connectivity index (χ1n) is 9.71. The van der Waals surface area contributed by atoms with Crippen LogP contribution in [0.1, 0.15) is 40.0 Å². The maximum Gasteiger partial charge on any atom is 0.322 e. The molecule has 2 atom stereocenters. The Hall–Kier alpha value is -3.20. The van der Waals surface area contributed by atoms with Crippen LogP contribution in [0, 0.1) is 11.7 Å². The fourth-order valence-corrected chi connectivity index (χ4v) is 4.37. The predicted molar refractivity (Wildman–Crippen MR) is 100 cm³/mol. The number of allylic oxidation sites excluding steroid dienone is 1. The van der Waals surface area contributed by atoms with Gasteiger partial charge in [-0.1, -0.05) is 12.5 Å². The van der Waals surface area contributed by atoms with Crippen molar-refractivity contribution in [3.63, 3.8) is 0 Å². The predicted octanol–water partition coefficient (Wildman–Crippen LogP) is 1.06. The Kier molecular flexibility index (Phi) is 5.07. The summed E-state index contributed by atoms with van der Waals surface area (Å²) in [6, 6.07) is 2.03. The number of aliphatic carboxylic acids is 1. The number of hydrogen-bond acceptors (Lipinski definition) is 6. The Balaban J connectivity index is 1.77. The maximum absolute atomic E-state index is 14.2. The quantitative estimate of drug-likeness (QED) is 0.579. The second kappa shape index (κ2) is 7.56. The van der Waals surface area contributed by atoms with Crippen molar-refractivity contribution in [3.05, 3.63) is 46.8 Å². The number of carbonyl (C=O) groups is 5. The molecule has 0 spiro atoms. The highest BCUT2D eigenvalue weighted by molar-refractivity contribution is 6.29. The fraction of sp³-hybridized carbons (Fsp3) is 0.381. The summed E-state index contributed by atoms with van der Waals surface area (Å²) in [6.07, 6.45) is 3.96. The average molecular weight is 414 g/mol. The zero-order valence-electron chi connectivity index (χ0n) is 16.0. The van der Waals surface area contributed by atoms with Crippen molar-refractivity contribution < 1.29 is 33.5 Å². The van der Waals surface area contributed by atoms with Crippen molar-refractivity contribution in [1.82, 2.24) is 9.80 Å². The zero-order valence-corrected chi connectivity index (χ0v) is 16.0. The number of rotatable bonds is 4. The molecule has 1 aromatic rings. The van der Waals surface area contributed by atoms with Crippen LogP contribution in [0.25, 0.3) is 0 Å². The lowest BCUT2D eigenvalue weighted by atomic mass is 9.82. The fourth-order valence-electron chi connectivity index (χ4n) is 4.37. The topological polar surface area (TPSA) is 112 Å². The van der Waals surface area contributed by atoms with Crippen LogP contribution in [0.3, 0.4) is 0 Å². The smallest absolute Gasteiger partial charge is 0.322 e. The summed E-state index contributed by atoms with van der Waals surface area (Å²) in [5.41, 5.74) is -0.454. The SMILES string of the molecule is O=C(O)C1C(=O)C=C(CN2CCCCC2)C(N2C(=O)c3cccc(F)c3C2=O)C1=O. The molecule has 1 N–H and O–H groups in total. The molecule has 1 aliphatic carbocycles. The number of imide groups is 1. The number of hydrogen-bond donors (Lipinski definition) is 1. The van der Waals surface area contributed by atoms with Crippen LogP contribution in [0.2, 0.25) is 0 Å². The number of carboxylic acid groups (broad SMARTS) is 1. The average Bonchev–Trinajstić information content (AvgIpc) is 2.94. The Labute approximate surface area is 170 Å². The normalized spacial score (nSPS) is 24.8. The molecule has 8 nitrogen and oxygen atoms in total. The van der Waals surface area contributed by atoms with E-state index >= 15 is 0 Å². The van der Waals surface area contributed by atoms with Gasteiger partial charge >= 0.3 is 5.97 Å². The Morgan fingerprint density at radius 3 is 2.40 bits per heavy atom. The largest absolute Gasteiger partial charge is 0.480 e. The maximum atomic E-state index is 14.2. The summed E-state index contributed by atoms with van der Waals surface area (Å²) < 4.78 is 14.2. The summed E-state index contributed by atoms with van der Waals surface area (Å²) >= 11 is 0. The number of Topliss-reactive ketones (excluding diaryl/α,β-unsaturated/α-hetero) is 1. The van der Waals surface area contributed by atoms with E-state index in [1.807, 2.05) is 4.90 Å². The summed E-state index contributed by atoms with van der Waals surface area (Å²) in [6.45, 7) is 1.57. The van der Waals surface area contributed by atoms with E-state index in [1.54, 1.807) is 0 Å². The molecule has 1 fully saturated rings. The number of halogens is 1. The van der Waals surface area contributed by atoms with Crippen molar-refractivity contribution >= 4 is 29.4 Å². The highest BCUT2D eigenvalue weighted by atomic mass is 19.1. The van der Waals surface area contributed by atoms with Gasteiger partial charge in [0.1, 0.15) is 11.9 Å². The summed E-state index contributed by atoms with van der Waals surface area (Å²) in [5.74, 6) is -8.38. The molecule has 0 bridgehead atoms. The third kappa shape index (κ3) is 3.15. The third-order valence-electron chi connectivity index (χ3n) is 5.77. The van der Waals surface area contributed by atoms with Crippen LogP contribution >= 0.6 is 0 Å². The van der Waals surface area contributed by atoms with Gasteiger partial charge in [-0.3, -0.25) is 33.8 Å². The summed E-state index contributed by atoms with van der Waals surface area (Å²) in [4.78, 5) is 65.3. The number of carboxylic acids is 1. The minimum atomic E-state index is -2.01. The Bertz CT molecular complexity index is 1010. The first kappa shape index (κ1) is 20.1. The van der Waals surface area contributed by atoms with Crippen molar-refractivity contribution in [1.29, 1.82) is 0 Å². The molecular weight excluding hydrogens is 395 g/mol. The van der Waals surface area contributed by atoms with Gasteiger partial charge in [-0.25, -0.2) is 4.39 Å². The number of nitrogens with zero attached hydrogens (tertiary/aromatic N) is 2. The van der Waals surface area contributed by atoms with Crippen molar-refractivity contribution in [3.8, 4) is 0 Å². The number of piperidine rings is 1. The lowest BCUT2D eigenvalue weighted by Crippen LogP contribution is -2.55. The number of carbonyl (C=O) groups excluding carboxylic acids is 4. The highest BCUT2D eigenvalue weighted by Crippen LogP contribution is 2.33. The number of benzene rings is 1. The lowest BCUT2D eigenvalue weighted by Gasteiger charge is -2.35. The van der Waals surface area contributed by atoms with E-state index in [4.69, 9.17) is 0 Å². The number of fused-ring (bicyclic) bond motifs is 1. The molecule has 4 rings (SSSR count). The van der Waals surface area contributed by atoms with Crippen molar-refractivity contribution in [2.45, 2.75) is 25.3 Å². The first-order valence-corrected chi connectivity index (χ1v) is 9.71. The summed E-state index contributed by atoms with van der Waals surface area (Å²) in [7, 11) is 0. The Morgan fingerprint density at radius 1 is 1.07 bits per heavy atom. The van der Waals surface area contributed by atoms with Crippen LogP contribution in [0.5, 0.6) is 0 Å². The molecule has 156 valence electrons. The minimum Gasteiger partial charge on any atom is -0.480 e. The molecule has 1 aromatic carbocycles. The molecule has 2 aliphatic heterocycles. The molecule has 9 heteroatoms. The van der Waals surface area contributed by atoms with Crippen LogP contribution < -0.4 is 0 Å². The number of ketones is 2. The molecule has 1 saturated heterocycles. The minimum absolute atomic E-state index is 0.143. The van der Waals surface area contributed by atoms with E-state index in [2.05, 4.69) is 0 Å². The van der Waals surface area contributed by atoms with E-state index in [1.165, 1.54) is 12.1 Å². The van der Waals surface area contributed by atoms with Gasteiger partial charge in [-0.2, -0.15) is 0 Å². The van der Waals surface area contributed by atoms with E-state index in [-0.39, 0.29) is 17.7 Å². The van der Waals surface area contributed by atoms with E-state index < -0.39 is 52.7 Å². The number of likely N-dealkylation sites (tertiary alicyclic amines) is 1. The highest BCUT2D eigenvalue weighted by Gasteiger charge is 2.51. The van der Waals surface area contributed by atoms with Crippen LogP contribution in [-0.4, -0.2) is 69.9 Å². The van der Waals surface area contributed by atoms with Gasteiger partial charge in [0.15, 0.2) is 17.5 Å². The molecule has 3 aliphatic rings. The van der Waals surface area contributed by atoms with E-state index in [0.29, 0.717) is 18.0 Å². The van der Waals surface area contributed by atoms with Gasteiger partial charge < -0.3 is 5.11 Å². The van der Waals surface area contributed by atoms with E-state index in [9.17, 15) is 33.5 Å². The monoisotopic (exact) mass is 414 g/mol. The van der Waals surface area contributed by atoms with Gasteiger partial charge in [-0.05, 0) is 49.7 Å². The molecule has 0 saturated carbocycles. The standard InChI is InChI=1S/C21H19FN2O6/c22-13-6-4-5-12-15(13)20(28)24(19(12)27)17-11(10-23-7-2-1-3-8-23)9-14(25)16(18(17)26)21(29)30/h4-6,9,16-17H,1-3,7-8,10H2,(H,29,30). The second-order valence-corrected chi connectivity index (χ2v) is 7.68. The van der Waals surface area contributed by atoms with Crippen LogP contribution in [0.4, 0.5) is 4.39 Å². The Morgan fingerprint density at radius 2 is 1.77 bits per heavy atom. The number of amides is 2. The molecule has 0 aromatic heterocycles. The van der Waals surface area contributed by atoms with Gasteiger partial charge in [0.2, 0.25) is 0 Å². The first-order chi connectivity index (χ1) is 14.3. The molecule has 2 heterocycles. The molecular formula is C21H19FN2O6. The van der Waals surface area contributed by atoms with Crippen LogP contribution in [-0.2, 0) is 14.4 Å². The van der Waals surface area contributed by atoms with Gasteiger partial charge in [-0.15, -0.1) is 0 Å².